The number of aliphatic hydroxyl groups excluding tert-OH is 1. The molecule has 104 valence electrons. The molecule has 0 saturated heterocycles. The molecule has 0 spiro atoms. The van der Waals surface area contributed by atoms with Crippen molar-refractivity contribution in [2.45, 2.75) is 31.0 Å². The lowest BCUT2D eigenvalue weighted by Crippen LogP contribution is -2.47. The lowest BCUT2D eigenvalue weighted by molar-refractivity contribution is 0.115. The summed E-state index contributed by atoms with van der Waals surface area (Å²) in [5.74, 6) is 0. The topological polar surface area (TPSA) is 57.6 Å². The first-order valence-electron chi connectivity index (χ1n) is 5.45. The number of hydrogen-bond donors (Lipinski definition) is 1. The fourth-order valence-electron chi connectivity index (χ4n) is 1.68. The van der Waals surface area contributed by atoms with E-state index in [1.54, 1.807) is 12.1 Å². The van der Waals surface area contributed by atoms with Crippen LogP contribution in [0.25, 0.3) is 0 Å². The number of sulfonamides is 1. The first-order chi connectivity index (χ1) is 8.10. The molecule has 1 N–H and O–H groups in total. The quantitative estimate of drug-likeness (QED) is 0.902. The van der Waals surface area contributed by atoms with Crippen molar-refractivity contribution in [3.05, 3.63) is 15.9 Å². The van der Waals surface area contributed by atoms with Gasteiger partial charge < -0.3 is 5.11 Å². The molecule has 4 nitrogen and oxygen atoms in total. The van der Waals surface area contributed by atoms with Crippen LogP contribution in [0.1, 0.15) is 20.8 Å². The van der Waals surface area contributed by atoms with Gasteiger partial charge in [0.15, 0.2) is 0 Å². The highest BCUT2D eigenvalue weighted by Gasteiger charge is 2.35. The van der Waals surface area contributed by atoms with Crippen LogP contribution in [0.2, 0.25) is 0 Å². The number of likely N-dealkylation sites (N-methyl/N-ethyl adjacent to an activating group) is 1. The lowest BCUT2D eigenvalue weighted by Gasteiger charge is -2.35. The fourth-order valence-corrected chi connectivity index (χ4v) is 5.41. The van der Waals surface area contributed by atoms with Gasteiger partial charge in [0, 0.05) is 7.05 Å². The van der Waals surface area contributed by atoms with Gasteiger partial charge in [-0.3, -0.25) is 0 Å². The Hall–Kier alpha value is 0.0500. The molecule has 1 aromatic heterocycles. The summed E-state index contributed by atoms with van der Waals surface area (Å²) in [6.45, 7) is 5.52. The molecule has 0 saturated carbocycles. The highest BCUT2D eigenvalue weighted by molar-refractivity contribution is 9.11. The Morgan fingerprint density at radius 2 is 2.00 bits per heavy atom. The molecule has 1 rings (SSSR count). The van der Waals surface area contributed by atoms with E-state index in [4.69, 9.17) is 0 Å². The van der Waals surface area contributed by atoms with Gasteiger partial charge in [0.1, 0.15) is 4.21 Å². The summed E-state index contributed by atoms with van der Waals surface area (Å²) >= 11 is 4.42. The monoisotopic (exact) mass is 355 g/mol. The highest BCUT2D eigenvalue weighted by atomic mass is 79.9. The minimum absolute atomic E-state index is 0.203. The zero-order valence-electron chi connectivity index (χ0n) is 10.8. The van der Waals surface area contributed by atoms with Crippen molar-refractivity contribution in [1.82, 2.24) is 4.31 Å². The maximum atomic E-state index is 12.4. The third-order valence-corrected chi connectivity index (χ3v) is 6.75. The van der Waals surface area contributed by atoms with Crippen LogP contribution in [0.3, 0.4) is 0 Å². The maximum Gasteiger partial charge on any atom is 0.252 e. The predicted octanol–water partition coefficient (Wildman–Crippen LogP) is 2.54. The second kappa shape index (κ2) is 5.58. The van der Waals surface area contributed by atoms with E-state index in [9.17, 15) is 13.5 Å². The van der Waals surface area contributed by atoms with Crippen molar-refractivity contribution in [1.29, 1.82) is 0 Å². The molecule has 0 aliphatic carbocycles. The number of aliphatic hydroxyl groups is 1. The van der Waals surface area contributed by atoms with Gasteiger partial charge >= 0.3 is 0 Å². The zero-order valence-corrected chi connectivity index (χ0v) is 14.1. The molecule has 0 radical (unpaired) electrons. The van der Waals surface area contributed by atoms with Crippen LogP contribution in [0.5, 0.6) is 0 Å². The molecule has 1 unspecified atom stereocenters. The van der Waals surface area contributed by atoms with Crippen LogP contribution in [-0.2, 0) is 10.0 Å². The van der Waals surface area contributed by atoms with Crippen molar-refractivity contribution >= 4 is 37.3 Å². The average Bonchev–Trinajstić information content (AvgIpc) is 2.64. The molecule has 7 heteroatoms. The van der Waals surface area contributed by atoms with Crippen molar-refractivity contribution in [3.8, 4) is 0 Å². The lowest BCUT2D eigenvalue weighted by atomic mass is 9.87. The van der Waals surface area contributed by atoms with Gasteiger partial charge in [-0.2, -0.15) is 4.31 Å². The van der Waals surface area contributed by atoms with Gasteiger partial charge in [-0.15, -0.1) is 11.3 Å². The third kappa shape index (κ3) is 3.33. The number of thiophene rings is 1. The number of hydrogen-bond acceptors (Lipinski definition) is 4. The Balaban J connectivity index is 3.13. The minimum Gasteiger partial charge on any atom is -0.395 e. The van der Waals surface area contributed by atoms with E-state index in [1.165, 1.54) is 22.7 Å². The molecular formula is C11H18BrNO3S2. The van der Waals surface area contributed by atoms with Crippen LogP contribution in [-0.4, -0.2) is 37.5 Å². The summed E-state index contributed by atoms with van der Waals surface area (Å²) in [7, 11) is -2.04. The van der Waals surface area contributed by atoms with Crippen LogP contribution in [0.4, 0.5) is 0 Å². The van der Waals surface area contributed by atoms with Gasteiger partial charge in [0.2, 0.25) is 0 Å². The highest BCUT2D eigenvalue weighted by Crippen LogP contribution is 2.32. The molecule has 1 heterocycles. The van der Waals surface area contributed by atoms with Gasteiger partial charge in [-0.05, 0) is 33.5 Å². The summed E-state index contributed by atoms with van der Waals surface area (Å²) in [5, 5.41) is 9.44. The molecule has 0 fully saturated rings. The zero-order chi connectivity index (χ0) is 14.1. The summed E-state index contributed by atoms with van der Waals surface area (Å²) in [5.41, 5.74) is -0.328. The Kier molecular flexibility index (Phi) is 4.99. The van der Waals surface area contributed by atoms with Crippen molar-refractivity contribution < 1.29 is 13.5 Å². The van der Waals surface area contributed by atoms with E-state index in [1.807, 2.05) is 20.8 Å². The standard InChI is InChI=1S/C11H18BrNO3S2/c1-11(2,3)8(7-14)13(4)18(15,16)10-6-5-9(12)17-10/h5-6,8,14H,7H2,1-4H3. The number of nitrogens with zero attached hydrogens (tertiary/aromatic N) is 1. The molecule has 0 bridgehead atoms. The molecule has 0 aliphatic rings. The molecule has 0 amide bonds. The number of rotatable bonds is 4. The molecule has 18 heavy (non-hydrogen) atoms. The van der Waals surface area contributed by atoms with Crippen molar-refractivity contribution in [2.75, 3.05) is 13.7 Å². The summed E-state index contributed by atoms with van der Waals surface area (Å²) in [6.07, 6.45) is 0. The summed E-state index contributed by atoms with van der Waals surface area (Å²) < 4.78 is 27.1. The smallest absolute Gasteiger partial charge is 0.252 e. The van der Waals surface area contributed by atoms with Crippen molar-refractivity contribution in [2.24, 2.45) is 5.41 Å². The minimum atomic E-state index is -3.55. The second-order valence-corrected chi connectivity index (χ2v) is 9.83. The van der Waals surface area contributed by atoms with Crippen LogP contribution < -0.4 is 0 Å². The van der Waals surface area contributed by atoms with E-state index in [2.05, 4.69) is 15.9 Å². The molecule has 0 aromatic carbocycles. The Bertz CT molecular complexity index is 505. The van der Waals surface area contributed by atoms with E-state index < -0.39 is 16.1 Å². The molecular weight excluding hydrogens is 338 g/mol. The van der Waals surface area contributed by atoms with E-state index in [0.717, 1.165) is 3.79 Å². The Morgan fingerprint density at radius 3 is 2.33 bits per heavy atom. The van der Waals surface area contributed by atoms with Gasteiger partial charge in [0.25, 0.3) is 10.0 Å². The SMILES string of the molecule is CN(C(CO)C(C)(C)C)S(=O)(=O)c1ccc(Br)s1. The van der Waals surface area contributed by atoms with Crippen LogP contribution in [0.15, 0.2) is 20.1 Å². The molecule has 0 aliphatic heterocycles. The van der Waals surface area contributed by atoms with Crippen LogP contribution >= 0.6 is 27.3 Å². The van der Waals surface area contributed by atoms with Gasteiger partial charge in [-0.1, -0.05) is 20.8 Å². The summed E-state index contributed by atoms with van der Waals surface area (Å²) in [6, 6.07) is 2.82. The second-order valence-electron chi connectivity index (χ2n) is 5.14. The fraction of sp³-hybridized carbons (Fsp3) is 0.636. The Morgan fingerprint density at radius 1 is 1.44 bits per heavy atom. The van der Waals surface area contributed by atoms with Crippen molar-refractivity contribution in [3.63, 3.8) is 0 Å². The molecule has 1 aromatic rings. The third-order valence-electron chi connectivity index (χ3n) is 2.79. The van der Waals surface area contributed by atoms with E-state index >= 15 is 0 Å². The first kappa shape index (κ1) is 16.1. The normalized spacial score (nSPS) is 15.1. The van der Waals surface area contributed by atoms with Gasteiger partial charge in [0.05, 0.1) is 16.4 Å². The predicted molar refractivity (Wildman–Crippen MR) is 77.3 cm³/mol. The Labute approximate surface area is 121 Å². The van der Waals surface area contributed by atoms with E-state index in [-0.39, 0.29) is 16.2 Å². The first-order valence-corrected chi connectivity index (χ1v) is 8.50. The molecule has 1 atom stereocenters. The summed E-state index contributed by atoms with van der Waals surface area (Å²) in [4.78, 5) is 0. The average molecular weight is 356 g/mol. The van der Waals surface area contributed by atoms with E-state index in [0.29, 0.717) is 0 Å². The van der Waals surface area contributed by atoms with Crippen LogP contribution in [0, 0.1) is 5.41 Å². The van der Waals surface area contributed by atoms with Gasteiger partial charge in [-0.25, -0.2) is 8.42 Å². The maximum absolute atomic E-state index is 12.4. The number of halogens is 1. The largest absolute Gasteiger partial charge is 0.395 e.